The van der Waals surface area contributed by atoms with Crippen molar-refractivity contribution in [3.8, 4) is 0 Å². The van der Waals surface area contributed by atoms with Gasteiger partial charge in [-0.15, -0.1) is 0 Å². The summed E-state index contributed by atoms with van der Waals surface area (Å²) in [5.41, 5.74) is 9.81. The van der Waals surface area contributed by atoms with Gasteiger partial charge in [-0.3, -0.25) is 0 Å². The fraction of sp³-hybridized carbons (Fsp3) is 1.00. The molecular weight excluding hydrogens is 136 g/mol. The van der Waals surface area contributed by atoms with Gasteiger partial charge in [0.2, 0.25) is 0 Å². The van der Waals surface area contributed by atoms with Gasteiger partial charge in [0.1, 0.15) is 0 Å². The van der Waals surface area contributed by atoms with E-state index in [1.807, 2.05) is 0 Å². The molecule has 4 nitrogen and oxygen atoms in total. The van der Waals surface area contributed by atoms with E-state index in [0.29, 0.717) is 13.1 Å². The van der Waals surface area contributed by atoms with Crippen molar-refractivity contribution in [3.05, 3.63) is 0 Å². The molecule has 0 radical (unpaired) electrons. The zero-order chi connectivity index (χ0) is 3.41. The molecule has 0 atom stereocenters. The Labute approximate surface area is 53.6 Å². The maximum absolute atomic E-state index is 4.90. The van der Waals surface area contributed by atoms with Crippen LogP contribution in [0.1, 0.15) is 0 Å². The molecule has 7 heavy (non-hydrogen) atoms. The van der Waals surface area contributed by atoms with E-state index in [9.17, 15) is 0 Å². The molecule has 0 spiro atoms. The summed E-state index contributed by atoms with van der Waals surface area (Å²) in [5.74, 6) is 0. The Balaban J connectivity index is -0.0000000150. The van der Waals surface area contributed by atoms with E-state index >= 15 is 0 Å². The van der Waals surface area contributed by atoms with Crippen LogP contribution >= 0.6 is 0 Å². The first-order valence-electron chi connectivity index (χ1n) is 1.32. The van der Waals surface area contributed by atoms with E-state index in [4.69, 9.17) is 11.5 Å². The second-order valence-corrected chi connectivity index (χ2v) is 0.577. The van der Waals surface area contributed by atoms with Gasteiger partial charge in [-0.05, 0) is 0 Å². The standard InChI is InChI=1S/C2H8N2.Cr.2H2O/c3-1-2-4;;;/h1-4H2;;2*1H2. The van der Waals surface area contributed by atoms with Gasteiger partial charge in [-0.1, -0.05) is 0 Å². The minimum absolute atomic E-state index is 0. The van der Waals surface area contributed by atoms with Crippen LogP contribution < -0.4 is 11.5 Å². The molecule has 0 saturated carbocycles. The summed E-state index contributed by atoms with van der Waals surface area (Å²) < 4.78 is 0. The molecule has 48 valence electrons. The zero-order valence-electron chi connectivity index (χ0n) is 3.98. The third kappa shape index (κ3) is 64.7. The molecule has 0 saturated heterocycles. The van der Waals surface area contributed by atoms with E-state index in [-0.39, 0.29) is 28.3 Å². The molecule has 0 amide bonds. The van der Waals surface area contributed by atoms with E-state index in [2.05, 4.69) is 0 Å². The Kier molecular flexibility index (Phi) is 123. The van der Waals surface area contributed by atoms with Crippen LogP contribution in [0.2, 0.25) is 0 Å². The maximum atomic E-state index is 4.90. The molecule has 0 aliphatic carbocycles. The summed E-state index contributed by atoms with van der Waals surface area (Å²) >= 11 is 0. The first kappa shape index (κ1) is 26.3. The second-order valence-electron chi connectivity index (χ2n) is 0.577. The Morgan fingerprint density at radius 2 is 1.00 bits per heavy atom. The Morgan fingerprint density at radius 3 is 1.00 bits per heavy atom. The van der Waals surface area contributed by atoms with Gasteiger partial charge in [-0.25, -0.2) is 0 Å². The molecular formula is C2H12CrN2O2. The van der Waals surface area contributed by atoms with Crippen molar-refractivity contribution in [1.29, 1.82) is 0 Å². The van der Waals surface area contributed by atoms with Gasteiger partial charge in [0.05, 0.1) is 0 Å². The average molecular weight is 148 g/mol. The quantitative estimate of drug-likeness (QED) is 0.419. The van der Waals surface area contributed by atoms with Gasteiger partial charge in [0.25, 0.3) is 0 Å². The predicted molar refractivity (Wildman–Crippen MR) is 25.3 cm³/mol. The summed E-state index contributed by atoms with van der Waals surface area (Å²) in [7, 11) is 0. The third-order valence-corrected chi connectivity index (χ3v) is 0.167. The van der Waals surface area contributed by atoms with Gasteiger partial charge in [-0.2, -0.15) is 0 Å². The number of rotatable bonds is 1. The van der Waals surface area contributed by atoms with Crippen molar-refractivity contribution >= 4 is 0 Å². The third-order valence-electron chi connectivity index (χ3n) is 0.167. The van der Waals surface area contributed by atoms with Crippen molar-refractivity contribution in [2.45, 2.75) is 0 Å². The summed E-state index contributed by atoms with van der Waals surface area (Å²) in [6, 6.07) is 0. The van der Waals surface area contributed by atoms with Crippen LogP contribution in [0.15, 0.2) is 0 Å². The SMILES string of the molecule is NCCN.O.O.[Cr]. The molecule has 0 aromatic carbocycles. The van der Waals surface area contributed by atoms with Gasteiger partial charge in [0, 0.05) is 30.5 Å². The number of hydrogen-bond acceptors (Lipinski definition) is 2. The van der Waals surface area contributed by atoms with Gasteiger partial charge >= 0.3 is 0 Å². The molecule has 8 N–H and O–H groups in total. The van der Waals surface area contributed by atoms with E-state index in [0.717, 1.165) is 0 Å². The van der Waals surface area contributed by atoms with Gasteiger partial charge in [0.15, 0.2) is 0 Å². The first-order valence-corrected chi connectivity index (χ1v) is 1.32. The Bertz CT molecular complexity index is 15.7. The Hall–Kier alpha value is 0.372. The molecule has 0 unspecified atom stereocenters. The smallest absolute Gasteiger partial charge is 0.00461 e. The second kappa shape index (κ2) is 32.7. The predicted octanol–water partition coefficient (Wildman–Crippen LogP) is -2.75. The first-order chi connectivity index (χ1) is 1.91. The summed E-state index contributed by atoms with van der Waals surface area (Å²) in [5, 5.41) is 0. The molecule has 0 fully saturated rings. The van der Waals surface area contributed by atoms with Gasteiger partial charge < -0.3 is 22.4 Å². The normalized spacial score (nSPS) is 4.29. The minimum atomic E-state index is 0. The molecule has 0 aliphatic heterocycles. The molecule has 0 rings (SSSR count). The van der Waals surface area contributed by atoms with Crippen molar-refractivity contribution in [2.24, 2.45) is 11.5 Å². The van der Waals surface area contributed by atoms with Crippen LogP contribution in [0.4, 0.5) is 0 Å². The summed E-state index contributed by atoms with van der Waals surface area (Å²) in [6.07, 6.45) is 0. The van der Waals surface area contributed by atoms with Crippen LogP contribution in [-0.4, -0.2) is 24.0 Å². The molecule has 5 heteroatoms. The minimum Gasteiger partial charge on any atom is -0.412 e. The van der Waals surface area contributed by atoms with Crippen molar-refractivity contribution in [1.82, 2.24) is 0 Å². The van der Waals surface area contributed by atoms with Crippen LogP contribution in [0.25, 0.3) is 0 Å². The average Bonchev–Trinajstić information content (AvgIpc) is 1.37. The number of hydrogen-bond donors (Lipinski definition) is 2. The molecule has 0 heterocycles. The Morgan fingerprint density at radius 1 is 0.857 bits per heavy atom. The van der Waals surface area contributed by atoms with E-state index < -0.39 is 0 Å². The zero-order valence-corrected chi connectivity index (χ0v) is 5.25. The summed E-state index contributed by atoms with van der Waals surface area (Å²) in [6.45, 7) is 1.19. The fourth-order valence-electron chi connectivity index (χ4n) is 0. The maximum Gasteiger partial charge on any atom is 0.00461 e. The molecule has 0 bridgehead atoms. The van der Waals surface area contributed by atoms with Crippen LogP contribution in [0.5, 0.6) is 0 Å². The summed E-state index contributed by atoms with van der Waals surface area (Å²) in [4.78, 5) is 0. The van der Waals surface area contributed by atoms with Crippen LogP contribution in [0, 0.1) is 0 Å². The van der Waals surface area contributed by atoms with Crippen LogP contribution in [-0.2, 0) is 17.4 Å². The number of nitrogens with two attached hydrogens (primary N) is 2. The topological polar surface area (TPSA) is 115 Å². The molecule has 0 aliphatic rings. The van der Waals surface area contributed by atoms with Crippen molar-refractivity contribution in [2.75, 3.05) is 13.1 Å². The van der Waals surface area contributed by atoms with Crippen LogP contribution in [0.3, 0.4) is 0 Å². The van der Waals surface area contributed by atoms with Crippen molar-refractivity contribution in [3.63, 3.8) is 0 Å². The molecule has 0 aromatic heterocycles. The van der Waals surface area contributed by atoms with E-state index in [1.165, 1.54) is 0 Å². The van der Waals surface area contributed by atoms with E-state index in [1.54, 1.807) is 0 Å². The fourth-order valence-corrected chi connectivity index (χ4v) is 0. The van der Waals surface area contributed by atoms with Crippen molar-refractivity contribution < 1.29 is 28.3 Å². The molecule has 0 aromatic rings. The monoisotopic (exact) mass is 148 g/mol. The largest absolute Gasteiger partial charge is 0.412 e.